The summed E-state index contributed by atoms with van der Waals surface area (Å²) in [5.41, 5.74) is -0.166. The van der Waals surface area contributed by atoms with Crippen LogP contribution in [0.4, 0.5) is 0 Å². The summed E-state index contributed by atoms with van der Waals surface area (Å²) in [6.07, 6.45) is 0. The molecule has 0 radical (unpaired) electrons. The fourth-order valence-corrected chi connectivity index (χ4v) is 2.41. The minimum absolute atomic E-state index is 0.0932. The highest BCUT2D eigenvalue weighted by Gasteiger charge is 2.17. The molecule has 0 heterocycles. The molecule has 3 N–H and O–H groups in total. The lowest BCUT2D eigenvalue weighted by molar-refractivity contribution is 0.101. The van der Waals surface area contributed by atoms with Crippen LogP contribution in [0.1, 0.15) is 10.4 Å². The second-order valence-electron chi connectivity index (χ2n) is 3.88. The Labute approximate surface area is 114 Å². The summed E-state index contributed by atoms with van der Waals surface area (Å²) >= 11 is 1.31. The van der Waals surface area contributed by atoms with Gasteiger partial charge in [-0.25, -0.2) is 0 Å². The number of benzene rings is 2. The van der Waals surface area contributed by atoms with Gasteiger partial charge in [0.2, 0.25) is 0 Å². The number of rotatable bonds is 4. The topological polar surface area (TPSA) is 77.8 Å². The van der Waals surface area contributed by atoms with Crippen molar-refractivity contribution in [2.75, 3.05) is 5.75 Å². The summed E-state index contributed by atoms with van der Waals surface area (Å²) < 4.78 is 0. The van der Waals surface area contributed by atoms with E-state index in [1.54, 1.807) is 0 Å². The highest BCUT2D eigenvalue weighted by molar-refractivity contribution is 8.00. The van der Waals surface area contributed by atoms with E-state index in [2.05, 4.69) is 0 Å². The zero-order chi connectivity index (χ0) is 13.8. The minimum Gasteiger partial charge on any atom is -0.508 e. The molecule has 0 aromatic heterocycles. The minimum atomic E-state index is -0.420. The van der Waals surface area contributed by atoms with Crippen LogP contribution in [0.5, 0.6) is 17.2 Å². The second-order valence-corrected chi connectivity index (χ2v) is 4.93. The van der Waals surface area contributed by atoms with Gasteiger partial charge in [0.1, 0.15) is 22.8 Å². The van der Waals surface area contributed by atoms with E-state index >= 15 is 0 Å². The highest BCUT2D eigenvalue weighted by Crippen LogP contribution is 2.33. The van der Waals surface area contributed by atoms with Crippen LogP contribution in [0.2, 0.25) is 0 Å². The van der Waals surface area contributed by atoms with Crippen LogP contribution in [0.25, 0.3) is 0 Å². The SMILES string of the molecule is O=C(CSc1ccccc1)c1c(O)cc(O)cc1O. The first kappa shape index (κ1) is 13.3. The molecular formula is C14H12O4S. The van der Waals surface area contributed by atoms with Crippen LogP contribution in [-0.4, -0.2) is 26.9 Å². The Kier molecular flexibility index (Phi) is 3.97. The van der Waals surface area contributed by atoms with Gasteiger partial charge in [0.25, 0.3) is 0 Å². The third-order valence-corrected chi connectivity index (χ3v) is 3.49. The van der Waals surface area contributed by atoms with Crippen LogP contribution < -0.4 is 0 Å². The fraction of sp³-hybridized carbons (Fsp3) is 0.0714. The molecule has 0 amide bonds. The van der Waals surface area contributed by atoms with E-state index < -0.39 is 17.3 Å². The summed E-state index contributed by atoms with van der Waals surface area (Å²) in [4.78, 5) is 12.9. The molecule has 5 heteroatoms. The number of ketones is 1. The van der Waals surface area contributed by atoms with Gasteiger partial charge in [-0.3, -0.25) is 4.79 Å². The zero-order valence-electron chi connectivity index (χ0n) is 9.91. The quantitative estimate of drug-likeness (QED) is 0.591. The molecule has 0 spiro atoms. The number of hydrogen-bond donors (Lipinski definition) is 3. The number of phenols is 3. The standard InChI is InChI=1S/C14H12O4S/c15-9-6-11(16)14(12(17)7-9)13(18)8-19-10-4-2-1-3-5-10/h1-7,15-17H,8H2. The maximum Gasteiger partial charge on any atom is 0.180 e. The summed E-state index contributed by atoms with van der Waals surface area (Å²) in [6.45, 7) is 0. The van der Waals surface area contributed by atoms with E-state index in [4.69, 9.17) is 0 Å². The van der Waals surface area contributed by atoms with E-state index in [0.29, 0.717) is 0 Å². The molecule has 19 heavy (non-hydrogen) atoms. The third-order valence-electron chi connectivity index (χ3n) is 2.47. The van der Waals surface area contributed by atoms with Gasteiger partial charge < -0.3 is 15.3 Å². The maximum absolute atomic E-state index is 11.9. The average Bonchev–Trinajstić information content (AvgIpc) is 2.36. The van der Waals surface area contributed by atoms with Gasteiger partial charge in [0, 0.05) is 17.0 Å². The van der Waals surface area contributed by atoms with Crippen molar-refractivity contribution in [3.63, 3.8) is 0 Å². The highest BCUT2D eigenvalue weighted by atomic mass is 32.2. The largest absolute Gasteiger partial charge is 0.508 e. The maximum atomic E-state index is 11.9. The monoisotopic (exact) mass is 276 g/mol. The summed E-state index contributed by atoms with van der Waals surface area (Å²) in [6, 6.07) is 11.4. The first-order chi connectivity index (χ1) is 9.08. The Hall–Kier alpha value is -2.14. The van der Waals surface area contributed by atoms with Crippen LogP contribution in [-0.2, 0) is 0 Å². The first-order valence-corrected chi connectivity index (χ1v) is 6.52. The van der Waals surface area contributed by atoms with Gasteiger partial charge in [-0.05, 0) is 12.1 Å². The molecule has 0 fully saturated rings. The molecule has 0 aliphatic rings. The molecule has 0 aliphatic carbocycles. The zero-order valence-corrected chi connectivity index (χ0v) is 10.7. The lowest BCUT2D eigenvalue weighted by atomic mass is 10.1. The van der Waals surface area contributed by atoms with Gasteiger partial charge in [-0.1, -0.05) is 18.2 Å². The summed E-state index contributed by atoms with van der Waals surface area (Å²) in [5.74, 6) is -1.44. The number of carbonyl (C=O) groups is 1. The lowest BCUT2D eigenvalue weighted by Crippen LogP contribution is -2.03. The van der Waals surface area contributed by atoms with Crippen LogP contribution >= 0.6 is 11.8 Å². The van der Waals surface area contributed by atoms with E-state index in [9.17, 15) is 20.1 Å². The van der Waals surface area contributed by atoms with Crippen molar-refractivity contribution in [3.05, 3.63) is 48.0 Å². The number of Topliss-reactive ketones (excluding diaryl/α,β-unsaturated/α-hetero) is 1. The van der Waals surface area contributed by atoms with Crippen molar-refractivity contribution >= 4 is 17.5 Å². The number of aromatic hydroxyl groups is 3. The number of phenolic OH excluding ortho intramolecular Hbond substituents is 3. The fourth-order valence-electron chi connectivity index (χ4n) is 1.62. The smallest absolute Gasteiger partial charge is 0.180 e. The molecule has 0 unspecified atom stereocenters. The molecule has 2 aromatic carbocycles. The predicted molar refractivity (Wildman–Crippen MR) is 72.9 cm³/mol. The van der Waals surface area contributed by atoms with Gasteiger partial charge in [0.05, 0.1) is 5.75 Å². The van der Waals surface area contributed by atoms with Crippen molar-refractivity contribution in [2.24, 2.45) is 0 Å². The molecule has 0 saturated carbocycles. The predicted octanol–water partition coefficient (Wildman–Crippen LogP) is 2.78. The molecule has 0 bridgehead atoms. The molecule has 4 nitrogen and oxygen atoms in total. The Balaban J connectivity index is 2.13. The molecule has 98 valence electrons. The van der Waals surface area contributed by atoms with Crippen molar-refractivity contribution in [2.45, 2.75) is 4.90 Å². The molecular weight excluding hydrogens is 264 g/mol. The second kappa shape index (κ2) is 5.67. The van der Waals surface area contributed by atoms with Gasteiger partial charge in [-0.2, -0.15) is 0 Å². The number of hydrogen-bond acceptors (Lipinski definition) is 5. The van der Waals surface area contributed by atoms with Crippen LogP contribution in [0, 0.1) is 0 Å². The molecule has 0 atom stereocenters. The first-order valence-electron chi connectivity index (χ1n) is 5.54. The normalized spacial score (nSPS) is 10.3. The number of carbonyl (C=O) groups excluding carboxylic acids is 1. The van der Waals surface area contributed by atoms with Crippen molar-refractivity contribution in [1.82, 2.24) is 0 Å². The summed E-state index contributed by atoms with van der Waals surface area (Å²) in [5, 5.41) is 28.4. The molecule has 2 rings (SSSR count). The lowest BCUT2D eigenvalue weighted by Gasteiger charge is -2.07. The Bertz CT molecular complexity index is 573. The Morgan fingerprint density at radius 2 is 1.58 bits per heavy atom. The van der Waals surface area contributed by atoms with E-state index in [1.165, 1.54) is 11.8 Å². The van der Waals surface area contributed by atoms with Gasteiger partial charge >= 0.3 is 0 Å². The Morgan fingerprint density at radius 3 is 2.16 bits per heavy atom. The average molecular weight is 276 g/mol. The number of thioether (sulfide) groups is 1. The van der Waals surface area contributed by atoms with E-state index in [-0.39, 0.29) is 17.1 Å². The summed E-state index contributed by atoms with van der Waals surface area (Å²) in [7, 11) is 0. The van der Waals surface area contributed by atoms with Gasteiger partial charge in [0.15, 0.2) is 5.78 Å². The van der Waals surface area contributed by atoms with Gasteiger partial charge in [-0.15, -0.1) is 11.8 Å². The van der Waals surface area contributed by atoms with Crippen molar-refractivity contribution < 1.29 is 20.1 Å². The van der Waals surface area contributed by atoms with Crippen LogP contribution in [0.3, 0.4) is 0 Å². The van der Waals surface area contributed by atoms with Crippen molar-refractivity contribution in [1.29, 1.82) is 0 Å². The Morgan fingerprint density at radius 1 is 1.00 bits per heavy atom. The van der Waals surface area contributed by atoms with E-state index in [0.717, 1.165) is 17.0 Å². The molecule has 0 saturated heterocycles. The third kappa shape index (κ3) is 3.20. The van der Waals surface area contributed by atoms with Crippen molar-refractivity contribution in [3.8, 4) is 17.2 Å². The molecule has 2 aromatic rings. The molecule has 0 aliphatic heterocycles. The van der Waals surface area contributed by atoms with Crippen LogP contribution in [0.15, 0.2) is 47.4 Å². The van der Waals surface area contributed by atoms with E-state index in [1.807, 2.05) is 30.3 Å².